The van der Waals surface area contributed by atoms with Crippen molar-refractivity contribution in [3.05, 3.63) is 94.2 Å². The fourth-order valence-electron chi connectivity index (χ4n) is 5.23. The quantitative estimate of drug-likeness (QED) is 0.200. The number of carbonyl (C=O) groups is 3. The minimum Gasteiger partial charge on any atom is -0.396 e. The lowest BCUT2D eigenvalue weighted by Crippen LogP contribution is -2.56. The monoisotopic (exact) mass is 646 g/mol. The summed E-state index contributed by atoms with van der Waals surface area (Å²) in [6.45, 7) is 9.54. The lowest BCUT2D eigenvalue weighted by Gasteiger charge is -2.35. The first-order valence-corrected chi connectivity index (χ1v) is 16.5. The zero-order valence-electron chi connectivity index (χ0n) is 28.2. The van der Waals surface area contributed by atoms with Gasteiger partial charge in [-0.3, -0.25) is 14.4 Å². The normalized spacial score (nSPS) is 13.5. The number of nitrogens with one attached hydrogen (secondary N) is 1. The van der Waals surface area contributed by atoms with Crippen molar-refractivity contribution in [3.8, 4) is 11.1 Å². The summed E-state index contributed by atoms with van der Waals surface area (Å²) in [5.41, 5.74) is 9.03. The average Bonchev–Trinajstić information content (AvgIpc) is 3.53. The Kier molecular flexibility index (Phi) is 12.9. The van der Waals surface area contributed by atoms with Crippen LogP contribution in [-0.2, 0) is 27.2 Å². The van der Waals surface area contributed by atoms with Crippen molar-refractivity contribution < 1.29 is 19.5 Å². The van der Waals surface area contributed by atoms with Crippen LogP contribution in [0.15, 0.2) is 83.8 Å². The summed E-state index contributed by atoms with van der Waals surface area (Å²) >= 11 is 1.52. The van der Waals surface area contributed by atoms with E-state index in [1.807, 2.05) is 107 Å². The molecule has 0 aliphatic carbocycles. The molecule has 0 spiro atoms. The molecule has 3 aromatic rings. The van der Waals surface area contributed by atoms with Crippen molar-refractivity contribution in [2.75, 3.05) is 27.2 Å². The van der Waals surface area contributed by atoms with E-state index >= 15 is 0 Å². The van der Waals surface area contributed by atoms with E-state index in [9.17, 15) is 19.5 Å². The number of thiophene rings is 1. The molecule has 46 heavy (non-hydrogen) atoms. The van der Waals surface area contributed by atoms with Crippen molar-refractivity contribution in [1.82, 2.24) is 15.1 Å². The number of aliphatic hydroxyl groups excluding tert-OH is 1. The lowest BCUT2D eigenvalue weighted by molar-refractivity contribution is -0.146. The molecule has 2 aromatic carbocycles. The molecule has 2 atom stereocenters. The van der Waals surface area contributed by atoms with Gasteiger partial charge in [0.05, 0.1) is 0 Å². The van der Waals surface area contributed by atoms with Crippen LogP contribution in [0.2, 0.25) is 0 Å². The van der Waals surface area contributed by atoms with Crippen molar-refractivity contribution in [2.24, 2.45) is 11.1 Å². The first-order chi connectivity index (χ1) is 21.6. The minimum absolute atomic E-state index is 0.0933. The molecule has 248 valence electrons. The third-order valence-electron chi connectivity index (χ3n) is 7.96. The molecule has 0 unspecified atom stereocenters. The maximum absolute atomic E-state index is 14.4. The first-order valence-electron chi connectivity index (χ1n) is 15.6. The standard InChI is InChI=1S/C37H50N4O4S/c1-26(23-37(4,5)38)20-33(43)40(6)32(21-27-15-17-29(18-16-27)28-12-9-8-10-13-28)35(45)41(7)31(22-30-14-11-19-46-30)34(44)39-24-36(2,3)25-42/h8-20,31-32,42H,21-25,38H2,1-7H3,(H,39,44)/b26-20+/t31-,32-/m1/s1. The van der Waals surface area contributed by atoms with Gasteiger partial charge in [-0.25, -0.2) is 0 Å². The predicted octanol–water partition coefficient (Wildman–Crippen LogP) is 5.06. The Morgan fingerprint density at radius 1 is 0.891 bits per heavy atom. The molecule has 0 aliphatic heterocycles. The average molecular weight is 647 g/mol. The van der Waals surface area contributed by atoms with E-state index in [-0.39, 0.29) is 37.3 Å². The van der Waals surface area contributed by atoms with Gasteiger partial charge in [0, 0.05) is 62.0 Å². The van der Waals surface area contributed by atoms with Crippen LogP contribution in [0.25, 0.3) is 11.1 Å². The number of carbonyl (C=O) groups excluding carboxylic acids is 3. The van der Waals surface area contributed by atoms with Gasteiger partial charge in [-0.2, -0.15) is 0 Å². The number of hydrogen-bond donors (Lipinski definition) is 3. The molecular weight excluding hydrogens is 596 g/mol. The molecule has 4 N–H and O–H groups in total. The summed E-state index contributed by atoms with van der Waals surface area (Å²) < 4.78 is 0. The zero-order valence-corrected chi connectivity index (χ0v) is 29.1. The molecule has 3 rings (SSSR count). The van der Waals surface area contributed by atoms with Crippen molar-refractivity contribution in [1.29, 1.82) is 0 Å². The molecular formula is C37H50N4O4S. The van der Waals surface area contributed by atoms with Gasteiger partial charge in [0.25, 0.3) is 0 Å². The minimum atomic E-state index is -0.873. The number of likely N-dealkylation sites (N-methyl/N-ethyl adjacent to an activating group) is 2. The smallest absolute Gasteiger partial charge is 0.246 e. The third-order valence-corrected chi connectivity index (χ3v) is 8.85. The number of benzene rings is 2. The number of hydrogen-bond acceptors (Lipinski definition) is 6. The first kappa shape index (κ1) is 36.7. The van der Waals surface area contributed by atoms with E-state index in [0.29, 0.717) is 12.8 Å². The molecule has 0 radical (unpaired) electrons. The maximum atomic E-state index is 14.4. The van der Waals surface area contributed by atoms with Crippen LogP contribution in [-0.4, -0.2) is 77.5 Å². The molecule has 0 saturated heterocycles. The van der Waals surface area contributed by atoms with E-state index < -0.39 is 23.0 Å². The molecule has 0 saturated carbocycles. The Morgan fingerprint density at radius 3 is 2.09 bits per heavy atom. The van der Waals surface area contributed by atoms with Crippen LogP contribution in [0.4, 0.5) is 0 Å². The fraction of sp³-hybridized carbons (Fsp3) is 0.432. The van der Waals surface area contributed by atoms with E-state index in [0.717, 1.165) is 27.1 Å². The van der Waals surface area contributed by atoms with Crippen molar-refractivity contribution in [3.63, 3.8) is 0 Å². The van der Waals surface area contributed by atoms with Crippen LogP contribution < -0.4 is 11.1 Å². The molecule has 1 aromatic heterocycles. The Bertz CT molecular complexity index is 1460. The van der Waals surface area contributed by atoms with Gasteiger partial charge >= 0.3 is 0 Å². The summed E-state index contributed by atoms with van der Waals surface area (Å²) in [7, 11) is 3.26. The van der Waals surface area contributed by atoms with Crippen molar-refractivity contribution >= 4 is 29.1 Å². The topological polar surface area (TPSA) is 116 Å². The Balaban J connectivity index is 1.95. The molecule has 0 aliphatic rings. The van der Waals surface area contributed by atoms with E-state index in [1.54, 1.807) is 20.2 Å². The summed E-state index contributed by atoms with van der Waals surface area (Å²) in [6.07, 6.45) is 2.66. The highest BCUT2D eigenvalue weighted by Gasteiger charge is 2.35. The van der Waals surface area contributed by atoms with Gasteiger partial charge in [0.15, 0.2) is 0 Å². The van der Waals surface area contributed by atoms with E-state index in [1.165, 1.54) is 21.1 Å². The summed E-state index contributed by atoms with van der Waals surface area (Å²) in [6, 6.07) is 20.2. The molecule has 0 fully saturated rings. The largest absolute Gasteiger partial charge is 0.396 e. The second-order valence-corrected chi connectivity index (χ2v) is 14.7. The second kappa shape index (κ2) is 16.2. The third kappa shape index (κ3) is 10.9. The number of nitrogens with zero attached hydrogens (tertiary/aromatic N) is 2. The van der Waals surface area contributed by atoms with Gasteiger partial charge in [-0.15, -0.1) is 11.3 Å². The van der Waals surface area contributed by atoms with Crippen LogP contribution in [0.3, 0.4) is 0 Å². The van der Waals surface area contributed by atoms with E-state index in [2.05, 4.69) is 5.32 Å². The summed E-state index contributed by atoms with van der Waals surface area (Å²) in [5.74, 6) is -0.962. The molecule has 1 heterocycles. The summed E-state index contributed by atoms with van der Waals surface area (Å²) in [5, 5.41) is 14.6. The van der Waals surface area contributed by atoms with Gasteiger partial charge < -0.3 is 26.0 Å². The molecule has 8 nitrogen and oxygen atoms in total. The van der Waals surface area contributed by atoms with E-state index in [4.69, 9.17) is 5.73 Å². The highest BCUT2D eigenvalue weighted by atomic mass is 32.1. The fourth-order valence-corrected chi connectivity index (χ4v) is 5.97. The van der Waals surface area contributed by atoms with Gasteiger partial charge in [-0.1, -0.05) is 80.1 Å². The van der Waals surface area contributed by atoms with Crippen LogP contribution in [0.1, 0.15) is 51.5 Å². The number of rotatable bonds is 15. The van der Waals surface area contributed by atoms with Crippen LogP contribution >= 0.6 is 11.3 Å². The molecule has 9 heteroatoms. The number of amides is 3. The van der Waals surface area contributed by atoms with Gasteiger partial charge in [0.2, 0.25) is 17.7 Å². The van der Waals surface area contributed by atoms with Crippen LogP contribution in [0.5, 0.6) is 0 Å². The molecule has 0 bridgehead atoms. The highest BCUT2D eigenvalue weighted by molar-refractivity contribution is 7.09. The number of aliphatic hydroxyl groups is 1. The lowest BCUT2D eigenvalue weighted by atomic mass is 9.94. The van der Waals surface area contributed by atoms with Crippen LogP contribution in [0, 0.1) is 5.41 Å². The second-order valence-electron chi connectivity index (χ2n) is 13.7. The SMILES string of the molecule is C/C(=C\C(=O)N(C)[C@H](Cc1ccc(-c2ccccc2)cc1)C(=O)N(C)[C@H](Cc1cccs1)C(=O)NCC(C)(C)CO)CC(C)(C)N. The number of nitrogens with two attached hydrogens (primary N) is 1. The Labute approximate surface area is 278 Å². The zero-order chi connectivity index (χ0) is 34.1. The Hall–Kier alpha value is -3.79. The molecule has 3 amide bonds. The van der Waals surface area contributed by atoms with Gasteiger partial charge in [-0.05, 0) is 55.3 Å². The van der Waals surface area contributed by atoms with Gasteiger partial charge in [0.1, 0.15) is 12.1 Å². The summed E-state index contributed by atoms with van der Waals surface area (Å²) in [4.78, 5) is 45.5. The van der Waals surface area contributed by atoms with Crippen molar-refractivity contribution in [2.45, 2.75) is 71.5 Å². The Morgan fingerprint density at radius 2 is 1.52 bits per heavy atom. The predicted molar refractivity (Wildman–Crippen MR) is 187 cm³/mol. The highest BCUT2D eigenvalue weighted by Crippen LogP contribution is 2.23. The maximum Gasteiger partial charge on any atom is 0.246 e.